The lowest BCUT2D eigenvalue weighted by molar-refractivity contribution is 0.345. The predicted octanol–water partition coefficient (Wildman–Crippen LogP) is 0.709. The summed E-state index contributed by atoms with van der Waals surface area (Å²) in [6.45, 7) is 2.16. The zero-order valence-corrected chi connectivity index (χ0v) is 14.1. The Balaban J connectivity index is 1.53. The van der Waals surface area contributed by atoms with E-state index in [9.17, 15) is 8.42 Å². The van der Waals surface area contributed by atoms with Crippen molar-refractivity contribution < 1.29 is 8.42 Å². The fraction of sp³-hybridized carbons (Fsp3) is 0.533. The lowest BCUT2D eigenvalue weighted by Gasteiger charge is -2.23. The molecule has 0 aromatic carbocycles. The molecule has 1 saturated carbocycles. The Morgan fingerprint density at radius 3 is 2.71 bits per heavy atom. The third kappa shape index (κ3) is 3.13. The molecule has 2 aliphatic rings. The first-order valence-electron chi connectivity index (χ1n) is 8.13. The minimum Gasteiger partial charge on any atom is -0.354 e. The van der Waals surface area contributed by atoms with Crippen molar-refractivity contribution in [1.29, 1.82) is 0 Å². The molecule has 1 aliphatic heterocycles. The van der Waals surface area contributed by atoms with E-state index in [1.54, 1.807) is 29.0 Å². The topological polar surface area (TPSA) is 93.0 Å². The van der Waals surface area contributed by atoms with Crippen LogP contribution in [0.15, 0.2) is 30.7 Å². The van der Waals surface area contributed by atoms with E-state index in [0.29, 0.717) is 32.1 Å². The van der Waals surface area contributed by atoms with Gasteiger partial charge in [-0.1, -0.05) is 0 Å². The first kappa shape index (κ1) is 15.5. The number of hydrogen-bond acceptors (Lipinski definition) is 6. The maximum absolute atomic E-state index is 12.7. The second kappa shape index (κ2) is 6.14. The van der Waals surface area contributed by atoms with Crippen LogP contribution in [0.5, 0.6) is 0 Å². The van der Waals surface area contributed by atoms with E-state index in [2.05, 4.69) is 20.4 Å². The summed E-state index contributed by atoms with van der Waals surface area (Å²) in [5, 5.41) is 7.34. The molecule has 1 aliphatic carbocycles. The normalized spacial score (nSPS) is 21.9. The molecule has 9 heteroatoms. The van der Waals surface area contributed by atoms with Gasteiger partial charge in [-0.3, -0.25) is 4.68 Å². The molecule has 0 spiro atoms. The minimum atomic E-state index is -3.22. The number of hydrogen-bond donors (Lipinski definition) is 1. The Hall–Kier alpha value is -2.00. The van der Waals surface area contributed by atoms with Crippen LogP contribution in [0.1, 0.15) is 18.5 Å². The Bertz CT molecular complexity index is 802. The van der Waals surface area contributed by atoms with Crippen LogP contribution in [-0.2, 0) is 23.1 Å². The molecule has 1 atom stereocenters. The summed E-state index contributed by atoms with van der Waals surface area (Å²) in [5.74, 6) is 0.655. The lowest BCUT2D eigenvalue weighted by Crippen LogP contribution is -2.38. The number of fused-ring (bicyclic) bond motifs is 1. The maximum Gasteiger partial charge on any atom is 0.222 e. The van der Waals surface area contributed by atoms with Gasteiger partial charge >= 0.3 is 0 Å². The van der Waals surface area contributed by atoms with Crippen molar-refractivity contribution in [2.45, 2.75) is 31.2 Å². The molecule has 0 amide bonds. The Labute approximate surface area is 141 Å². The van der Waals surface area contributed by atoms with E-state index in [-0.39, 0.29) is 11.2 Å². The molecule has 2 aromatic heterocycles. The highest BCUT2D eigenvalue weighted by Crippen LogP contribution is 2.33. The van der Waals surface area contributed by atoms with Gasteiger partial charge in [-0.2, -0.15) is 9.40 Å². The van der Waals surface area contributed by atoms with Crippen LogP contribution in [0.25, 0.3) is 0 Å². The Kier molecular flexibility index (Phi) is 3.97. The molecule has 1 fully saturated rings. The summed E-state index contributed by atoms with van der Waals surface area (Å²) in [4.78, 5) is 8.30. The van der Waals surface area contributed by atoms with Gasteiger partial charge in [0, 0.05) is 44.1 Å². The molecule has 24 heavy (non-hydrogen) atoms. The van der Waals surface area contributed by atoms with Crippen LogP contribution in [0.3, 0.4) is 0 Å². The summed E-state index contributed by atoms with van der Waals surface area (Å²) in [6, 6.07) is 3.66. The summed E-state index contributed by atoms with van der Waals surface area (Å²) >= 11 is 0. The number of sulfonamides is 1. The standard InChI is InChI=1S/C15H20N6O2S/c22-24(23,14-2-3-14)20-9-12(8-18-15-16-5-1-6-17-15)10-21-13(11-20)4-7-19-21/h1,4-7,12,14H,2-3,8-11H2,(H,16,17,18)/t12-/m1/s1. The zero-order chi connectivity index (χ0) is 16.6. The van der Waals surface area contributed by atoms with Crippen molar-refractivity contribution in [1.82, 2.24) is 24.1 Å². The van der Waals surface area contributed by atoms with Crippen LogP contribution in [0.2, 0.25) is 0 Å². The molecule has 0 unspecified atom stereocenters. The molecule has 2 aromatic rings. The largest absolute Gasteiger partial charge is 0.354 e. The molecule has 1 N–H and O–H groups in total. The van der Waals surface area contributed by atoms with Gasteiger partial charge in [-0.05, 0) is 25.0 Å². The van der Waals surface area contributed by atoms with Gasteiger partial charge in [0.25, 0.3) is 0 Å². The van der Waals surface area contributed by atoms with Crippen molar-refractivity contribution >= 4 is 16.0 Å². The molecule has 4 rings (SSSR count). The fourth-order valence-electron chi connectivity index (χ4n) is 3.02. The smallest absolute Gasteiger partial charge is 0.222 e. The number of rotatable bonds is 5. The highest BCUT2D eigenvalue weighted by molar-refractivity contribution is 7.90. The number of anilines is 1. The number of nitrogens with zero attached hydrogens (tertiary/aromatic N) is 5. The molecule has 128 valence electrons. The van der Waals surface area contributed by atoms with Gasteiger partial charge in [0.15, 0.2) is 0 Å². The molecule has 8 nitrogen and oxygen atoms in total. The van der Waals surface area contributed by atoms with Crippen LogP contribution in [0.4, 0.5) is 5.95 Å². The van der Waals surface area contributed by atoms with Gasteiger partial charge in [-0.15, -0.1) is 0 Å². The van der Waals surface area contributed by atoms with Crippen molar-refractivity contribution in [3.8, 4) is 0 Å². The van der Waals surface area contributed by atoms with Crippen molar-refractivity contribution in [3.63, 3.8) is 0 Å². The van der Waals surface area contributed by atoms with E-state index >= 15 is 0 Å². The lowest BCUT2D eigenvalue weighted by atomic mass is 10.1. The second-order valence-corrected chi connectivity index (χ2v) is 8.57. The molecule has 0 saturated heterocycles. The van der Waals surface area contributed by atoms with E-state index < -0.39 is 10.0 Å². The first-order valence-corrected chi connectivity index (χ1v) is 9.64. The second-order valence-electron chi connectivity index (χ2n) is 6.36. The molecule has 0 bridgehead atoms. The molecular weight excluding hydrogens is 328 g/mol. The van der Waals surface area contributed by atoms with Gasteiger partial charge in [0.2, 0.25) is 16.0 Å². The highest BCUT2D eigenvalue weighted by atomic mass is 32.2. The quantitative estimate of drug-likeness (QED) is 0.855. The van der Waals surface area contributed by atoms with E-state index in [0.717, 1.165) is 18.5 Å². The summed E-state index contributed by atoms with van der Waals surface area (Å²) in [5.41, 5.74) is 0.942. The van der Waals surface area contributed by atoms with E-state index in [1.807, 2.05) is 10.7 Å². The Morgan fingerprint density at radius 1 is 1.17 bits per heavy atom. The first-order chi connectivity index (χ1) is 11.6. The molecule has 3 heterocycles. The zero-order valence-electron chi connectivity index (χ0n) is 13.2. The highest BCUT2D eigenvalue weighted by Gasteiger charge is 2.41. The summed E-state index contributed by atoms with van der Waals surface area (Å²) < 4.78 is 28.9. The van der Waals surface area contributed by atoms with Crippen LogP contribution >= 0.6 is 0 Å². The monoisotopic (exact) mass is 348 g/mol. The Morgan fingerprint density at radius 2 is 1.96 bits per heavy atom. The van der Waals surface area contributed by atoms with Crippen molar-refractivity contribution in [2.24, 2.45) is 5.92 Å². The van der Waals surface area contributed by atoms with Crippen molar-refractivity contribution in [3.05, 3.63) is 36.4 Å². The summed E-state index contributed by atoms with van der Waals surface area (Å²) in [6.07, 6.45) is 6.64. The van der Waals surface area contributed by atoms with Gasteiger partial charge in [0.1, 0.15) is 0 Å². The average Bonchev–Trinajstić information content (AvgIpc) is 3.38. The van der Waals surface area contributed by atoms with E-state index in [4.69, 9.17) is 0 Å². The fourth-order valence-corrected chi connectivity index (χ4v) is 4.90. The van der Waals surface area contributed by atoms with Gasteiger partial charge in [-0.25, -0.2) is 18.4 Å². The SMILES string of the molecule is O=S(=O)(C1CC1)N1Cc2ccnn2C[C@H](CNc2ncccn2)C1. The maximum atomic E-state index is 12.7. The predicted molar refractivity (Wildman–Crippen MR) is 88.6 cm³/mol. The number of nitrogens with one attached hydrogen (secondary N) is 1. The van der Waals surface area contributed by atoms with Gasteiger partial charge < -0.3 is 5.32 Å². The summed E-state index contributed by atoms with van der Waals surface area (Å²) in [7, 11) is -3.22. The number of aromatic nitrogens is 4. The van der Waals surface area contributed by atoms with Crippen LogP contribution < -0.4 is 5.32 Å². The molecule has 0 radical (unpaired) electrons. The molecular formula is C15H20N6O2S. The third-order valence-electron chi connectivity index (χ3n) is 4.46. The minimum absolute atomic E-state index is 0.100. The van der Waals surface area contributed by atoms with Crippen LogP contribution in [-0.4, -0.2) is 50.8 Å². The van der Waals surface area contributed by atoms with Crippen LogP contribution in [0, 0.1) is 5.92 Å². The third-order valence-corrected chi connectivity index (χ3v) is 6.77. The van der Waals surface area contributed by atoms with Gasteiger partial charge in [0.05, 0.1) is 17.5 Å². The van der Waals surface area contributed by atoms with Crippen molar-refractivity contribution in [2.75, 3.05) is 18.4 Å². The van der Waals surface area contributed by atoms with E-state index in [1.165, 1.54) is 0 Å². The average molecular weight is 348 g/mol.